The summed E-state index contributed by atoms with van der Waals surface area (Å²) < 4.78 is 5.83. The fourth-order valence-electron chi connectivity index (χ4n) is 2.44. The summed E-state index contributed by atoms with van der Waals surface area (Å²) >= 11 is 0. The maximum absolute atomic E-state index is 11.7. The number of carbonyl (C=O) groups is 1. The molecule has 1 fully saturated rings. The lowest BCUT2D eigenvalue weighted by Gasteiger charge is -2.28. The first-order chi connectivity index (χ1) is 9.25. The minimum Gasteiger partial charge on any atom is -0.378 e. The van der Waals surface area contributed by atoms with E-state index in [2.05, 4.69) is 22.6 Å². The van der Waals surface area contributed by atoms with E-state index in [1.54, 1.807) is 0 Å². The van der Waals surface area contributed by atoms with Crippen LogP contribution in [0, 0.1) is 0 Å². The number of piperidine rings is 1. The Kier molecular flexibility index (Phi) is 5.82. The Morgan fingerprint density at radius 1 is 1.47 bits per heavy atom. The number of nitrogens with zero attached hydrogens (tertiary/aromatic N) is 1. The fraction of sp³-hybridized carbons (Fsp3) is 0.786. The van der Waals surface area contributed by atoms with Crippen LogP contribution in [-0.4, -0.2) is 62.8 Å². The number of ether oxygens (including phenoxy) is 1. The predicted octanol–water partition coefficient (Wildman–Crippen LogP) is 0.132. The van der Waals surface area contributed by atoms with E-state index in [1.807, 2.05) is 12.2 Å². The van der Waals surface area contributed by atoms with Crippen LogP contribution in [0.1, 0.15) is 19.3 Å². The number of likely N-dealkylation sites (tertiary alicyclic amines) is 1. The number of carbonyl (C=O) groups excluding carboxylic acids is 1. The average Bonchev–Trinajstić information content (AvgIpc) is 2.94. The molecule has 0 spiro atoms. The van der Waals surface area contributed by atoms with Gasteiger partial charge in [-0.3, -0.25) is 10.1 Å². The van der Waals surface area contributed by atoms with Gasteiger partial charge in [-0.05, 0) is 26.3 Å². The van der Waals surface area contributed by atoms with E-state index in [0.717, 1.165) is 45.5 Å². The third-order valence-electron chi connectivity index (χ3n) is 3.71. The van der Waals surface area contributed by atoms with Gasteiger partial charge in [0.25, 0.3) is 0 Å². The summed E-state index contributed by atoms with van der Waals surface area (Å²) in [6.07, 6.45) is 7.43. The molecule has 0 saturated carbocycles. The molecule has 0 aromatic heterocycles. The Morgan fingerprint density at radius 3 is 2.95 bits per heavy atom. The van der Waals surface area contributed by atoms with Gasteiger partial charge in [-0.15, -0.1) is 0 Å². The molecule has 0 aromatic carbocycles. The number of amides is 1. The molecule has 2 aliphatic heterocycles. The molecule has 2 N–H and O–H groups in total. The van der Waals surface area contributed by atoms with Crippen LogP contribution in [0.15, 0.2) is 12.2 Å². The first-order valence-corrected chi connectivity index (χ1v) is 7.23. The third-order valence-corrected chi connectivity index (χ3v) is 3.71. The van der Waals surface area contributed by atoms with Crippen LogP contribution < -0.4 is 10.6 Å². The van der Waals surface area contributed by atoms with Crippen molar-refractivity contribution in [3.05, 3.63) is 12.2 Å². The van der Waals surface area contributed by atoms with Crippen LogP contribution in [0.3, 0.4) is 0 Å². The quantitative estimate of drug-likeness (QED) is 0.531. The predicted molar refractivity (Wildman–Crippen MR) is 75.0 cm³/mol. The lowest BCUT2D eigenvalue weighted by Crippen LogP contribution is -2.41. The third kappa shape index (κ3) is 4.93. The summed E-state index contributed by atoms with van der Waals surface area (Å²) in [4.78, 5) is 14.0. The second-order valence-electron chi connectivity index (χ2n) is 5.33. The summed E-state index contributed by atoms with van der Waals surface area (Å²) in [6.45, 7) is 4.47. The van der Waals surface area contributed by atoms with Crippen molar-refractivity contribution in [2.24, 2.45) is 0 Å². The minimum atomic E-state index is -0.144. The highest BCUT2D eigenvalue weighted by molar-refractivity contribution is 5.84. The highest BCUT2D eigenvalue weighted by Crippen LogP contribution is 2.11. The van der Waals surface area contributed by atoms with E-state index < -0.39 is 0 Å². The lowest BCUT2D eigenvalue weighted by molar-refractivity contribution is -0.121. The van der Waals surface area contributed by atoms with E-state index in [-0.39, 0.29) is 11.9 Å². The van der Waals surface area contributed by atoms with Crippen LogP contribution in [0.4, 0.5) is 0 Å². The van der Waals surface area contributed by atoms with Gasteiger partial charge in [0.2, 0.25) is 5.91 Å². The topological polar surface area (TPSA) is 53.6 Å². The molecule has 108 valence electrons. The van der Waals surface area contributed by atoms with Gasteiger partial charge in [0, 0.05) is 32.8 Å². The van der Waals surface area contributed by atoms with Gasteiger partial charge in [-0.25, -0.2) is 0 Å². The van der Waals surface area contributed by atoms with E-state index in [0.29, 0.717) is 12.6 Å². The summed E-state index contributed by atoms with van der Waals surface area (Å²) in [5.41, 5.74) is 0. The van der Waals surface area contributed by atoms with Crippen molar-refractivity contribution in [2.45, 2.75) is 31.4 Å². The molecule has 1 atom stereocenters. The summed E-state index contributed by atoms with van der Waals surface area (Å²) in [5, 5.41) is 6.02. The monoisotopic (exact) mass is 267 g/mol. The Morgan fingerprint density at radius 2 is 2.26 bits per heavy atom. The molecule has 5 heteroatoms. The highest BCUT2D eigenvalue weighted by Gasteiger charge is 2.18. The summed E-state index contributed by atoms with van der Waals surface area (Å²) in [7, 11) is 2.15. The van der Waals surface area contributed by atoms with Crippen LogP contribution in [0.2, 0.25) is 0 Å². The molecule has 0 aliphatic carbocycles. The number of nitrogens with one attached hydrogen (secondary N) is 2. The number of rotatable bonds is 6. The van der Waals surface area contributed by atoms with E-state index in [4.69, 9.17) is 4.74 Å². The fourth-order valence-corrected chi connectivity index (χ4v) is 2.44. The molecule has 0 aromatic rings. The van der Waals surface area contributed by atoms with E-state index in [1.165, 1.54) is 0 Å². The Balaban J connectivity index is 1.48. The smallest absolute Gasteiger partial charge is 0.241 e. The van der Waals surface area contributed by atoms with Gasteiger partial charge in [-0.2, -0.15) is 0 Å². The molecule has 1 amide bonds. The van der Waals surface area contributed by atoms with Gasteiger partial charge in [0.05, 0.1) is 6.10 Å². The van der Waals surface area contributed by atoms with Crippen molar-refractivity contribution in [3.63, 3.8) is 0 Å². The van der Waals surface area contributed by atoms with Crippen LogP contribution in [0.5, 0.6) is 0 Å². The number of hydrogen-bond acceptors (Lipinski definition) is 4. The molecule has 1 unspecified atom stereocenters. The Hall–Kier alpha value is -0.910. The standard InChI is InChI=1S/C14H25N3O2/c1-17-9-5-12(6-10-17)19-11-3-8-16-14(18)13-4-2-7-15-13/h2,4,12-13,15H,3,5-11H2,1H3,(H,16,18). The van der Waals surface area contributed by atoms with Gasteiger partial charge < -0.3 is 15.0 Å². The molecule has 0 bridgehead atoms. The normalized spacial score (nSPS) is 24.8. The molecule has 0 radical (unpaired) electrons. The molecule has 1 saturated heterocycles. The highest BCUT2D eigenvalue weighted by atomic mass is 16.5. The zero-order valence-electron chi connectivity index (χ0n) is 11.7. The molecule has 19 heavy (non-hydrogen) atoms. The molecule has 2 rings (SSSR count). The van der Waals surface area contributed by atoms with Gasteiger partial charge >= 0.3 is 0 Å². The second-order valence-corrected chi connectivity index (χ2v) is 5.33. The van der Waals surface area contributed by atoms with Crippen LogP contribution in [-0.2, 0) is 9.53 Å². The first kappa shape index (κ1) is 14.5. The van der Waals surface area contributed by atoms with Gasteiger partial charge in [0.1, 0.15) is 6.04 Å². The van der Waals surface area contributed by atoms with Crippen molar-refractivity contribution < 1.29 is 9.53 Å². The van der Waals surface area contributed by atoms with Crippen molar-refractivity contribution >= 4 is 5.91 Å². The zero-order chi connectivity index (χ0) is 13.5. The van der Waals surface area contributed by atoms with Gasteiger partial charge in [0.15, 0.2) is 0 Å². The maximum atomic E-state index is 11.7. The average molecular weight is 267 g/mol. The largest absolute Gasteiger partial charge is 0.378 e. The molecular formula is C14H25N3O2. The van der Waals surface area contributed by atoms with Crippen molar-refractivity contribution in [1.82, 2.24) is 15.5 Å². The molecule has 5 nitrogen and oxygen atoms in total. The Bertz CT molecular complexity index is 312. The second kappa shape index (κ2) is 7.62. The summed E-state index contributed by atoms with van der Waals surface area (Å²) in [5.74, 6) is 0.0630. The lowest BCUT2D eigenvalue weighted by atomic mass is 10.1. The molecule has 2 heterocycles. The van der Waals surface area contributed by atoms with E-state index >= 15 is 0 Å². The number of hydrogen-bond donors (Lipinski definition) is 2. The molecular weight excluding hydrogens is 242 g/mol. The Labute approximate surface area is 115 Å². The molecule has 2 aliphatic rings. The minimum absolute atomic E-state index is 0.0630. The van der Waals surface area contributed by atoms with Crippen LogP contribution in [0.25, 0.3) is 0 Å². The van der Waals surface area contributed by atoms with Crippen molar-refractivity contribution in [1.29, 1.82) is 0 Å². The van der Waals surface area contributed by atoms with Crippen molar-refractivity contribution in [2.75, 3.05) is 39.8 Å². The first-order valence-electron chi connectivity index (χ1n) is 7.23. The zero-order valence-corrected chi connectivity index (χ0v) is 11.7. The van der Waals surface area contributed by atoms with E-state index in [9.17, 15) is 4.79 Å². The summed E-state index contributed by atoms with van der Waals surface area (Å²) in [6, 6.07) is -0.144. The van der Waals surface area contributed by atoms with Crippen molar-refractivity contribution in [3.8, 4) is 0 Å². The van der Waals surface area contributed by atoms with Crippen LogP contribution >= 0.6 is 0 Å². The SMILES string of the molecule is CN1CCC(OCCCNC(=O)C2C=CCN2)CC1. The van der Waals surface area contributed by atoms with Gasteiger partial charge in [-0.1, -0.05) is 12.2 Å². The maximum Gasteiger partial charge on any atom is 0.241 e.